The lowest BCUT2D eigenvalue weighted by Crippen LogP contribution is -2.46. The minimum atomic E-state index is -0.374. The molecule has 0 aliphatic carbocycles. The van der Waals surface area contributed by atoms with Gasteiger partial charge >= 0.3 is 0 Å². The fourth-order valence-corrected chi connectivity index (χ4v) is 1.36. The Morgan fingerprint density at radius 1 is 1.36 bits per heavy atom. The van der Waals surface area contributed by atoms with Crippen molar-refractivity contribution in [2.75, 3.05) is 6.54 Å². The highest BCUT2D eigenvalue weighted by Gasteiger charge is 2.20. The van der Waals surface area contributed by atoms with Crippen LogP contribution in [0.2, 0.25) is 0 Å². The van der Waals surface area contributed by atoms with Gasteiger partial charge in [-0.25, -0.2) is 0 Å². The van der Waals surface area contributed by atoms with Gasteiger partial charge in [0.25, 0.3) is 0 Å². The van der Waals surface area contributed by atoms with Crippen LogP contribution in [-0.2, 0) is 4.79 Å². The molecule has 0 heterocycles. The zero-order valence-electron chi connectivity index (χ0n) is 9.92. The van der Waals surface area contributed by atoms with Gasteiger partial charge in [-0.1, -0.05) is 20.3 Å². The molecule has 0 aliphatic heterocycles. The van der Waals surface area contributed by atoms with E-state index in [1.165, 1.54) is 0 Å². The van der Waals surface area contributed by atoms with Crippen molar-refractivity contribution in [1.82, 2.24) is 4.90 Å². The van der Waals surface area contributed by atoms with E-state index < -0.39 is 0 Å². The number of nitrogens with two attached hydrogens (primary N) is 1. The molecule has 0 aromatic heterocycles. The minimum absolute atomic E-state index is 0.0767. The maximum atomic E-state index is 11.8. The molecule has 2 atom stereocenters. The molecule has 0 radical (unpaired) electrons. The van der Waals surface area contributed by atoms with Crippen LogP contribution < -0.4 is 5.73 Å². The molecule has 0 fully saturated rings. The van der Waals surface area contributed by atoms with E-state index in [9.17, 15) is 4.79 Å². The van der Waals surface area contributed by atoms with Gasteiger partial charge in [-0.2, -0.15) is 0 Å². The van der Waals surface area contributed by atoms with Crippen LogP contribution in [0.25, 0.3) is 0 Å². The molecule has 0 bridgehead atoms. The van der Waals surface area contributed by atoms with Gasteiger partial charge in [-0.3, -0.25) is 4.79 Å². The molecular formula is C11H24N2O. The zero-order chi connectivity index (χ0) is 11.1. The number of hydrogen-bond donors (Lipinski definition) is 1. The number of amides is 1. The Morgan fingerprint density at radius 2 is 1.93 bits per heavy atom. The number of carbonyl (C=O) groups excluding carboxylic acids is 1. The Bertz CT molecular complexity index is 169. The van der Waals surface area contributed by atoms with E-state index in [4.69, 9.17) is 5.73 Å². The SMILES string of the molecule is CCCCN(C(=O)[C@H](C)N)C(C)CC. The number of unbranched alkanes of at least 4 members (excludes halogenated alkanes) is 1. The van der Waals surface area contributed by atoms with E-state index in [1.54, 1.807) is 6.92 Å². The predicted octanol–water partition coefficient (Wildman–Crippen LogP) is 1.76. The monoisotopic (exact) mass is 200 g/mol. The summed E-state index contributed by atoms with van der Waals surface area (Å²) in [6.45, 7) is 8.90. The smallest absolute Gasteiger partial charge is 0.239 e. The maximum Gasteiger partial charge on any atom is 0.239 e. The molecule has 3 nitrogen and oxygen atoms in total. The summed E-state index contributed by atoms with van der Waals surface area (Å²) in [6, 6.07) is -0.0686. The van der Waals surface area contributed by atoms with Crippen LogP contribution in [0.15, 0.2) is 0 Å². The van der Waals surface area contributed by atoms with Crippen LogP contribution >= 0.6 is 0 Å². The summed E-state index contributed by atoms with van der Waals surface area (Å²) in [5.74, 6) is 0.0767. The average Bonchev–Trinajstić information content (AvgIpc) is 2.17. The van der Waals surface area contributed by atoms with Gasteiger partial charge in [0.15, 0.2) is 0 Å². The highest BCUT2D eigenvalue weighted by Crippen LogP contribution is 2.07. The first-order chi connectivity index (χ1) is 6.54. The Kier molecular flexibility index (Phi) is 6.54. The Morgan fingerprint density at radius 3 is 2.29 bits per heavy atom. The topological polar surface area (TPSA) is 46.3 Å². The van der Waals surface area contributed by atoms with Gasteiger partial charge in [-0.05, 0) is 26.7 Å². The van der Waals surface area contributed by atoms with Gasteiger partial charge in [0.2, 0.25) is 5.91 Å². The van der Waals surface area contributed by atoms with E-state index in [0.29, 0.717) is 6.04 Å². The second-order valence-electron chi connectivity index (χ2n) is 3.93. The largest absolute Gasteiger partial charge is 0.339 e. The van der Waals surface area contributed by atoms with Crippen LogP contribution in [0.3, 0.4) is 0 Å². The third-order valence-electron chi connectivity index (χ3n) is 2.55. The van der Waals surface area contributed by atoms with E-state index in [1.807, 2.05) is 4.90 Å². The van der Waals surface area contributed by atoms with E-state index in [0.717, 1.165) is 25.8 Å². The highest BCUT2D eigenvalue weighted by molar-refractivity contribution is 5.81. The molecule has 1 amide bonds. The van der Waals surface area contributed by atoms with E-state index in [-0.39, 0.29) is 11.9 Å². The molecular weight excluding hydrogens is 176 g/mol. The lowest BCUT2D eigenvalue weighted by Gasteiger charge is -2.30. The molecule has 14 heavy (non-hydrogen) atoms. The van der Waals surface area contributed by atoms with Gasteiger partial charge in [0.1, 0.15) is 0 Å². The zero-order valence-corrected chi connectivity index (χ0v) is 9.92. The number of rotatable bonds is 6. The average molecular weight is 200 g/mol. The van der Waals surface area contributed by atoms with Crippen LogP contribution in [-0.4, -0.2) is 29.4 Å². The van der Waals surface area contributed by atoms with E-state index >= 15 is 0 Å². The van der Waals surface area contributed by atoms with Crippen LogP contribution in [0.1, 0.15) is 47.0 Å². The van der Waals surface area contributed by atoms with Crippen molar-refractivity contribution in [2.24, 2.45) is 5.73 Å². The van der Waals surface area contributed by atoms with E-state index in [2.05, 4.69) is 20.8 Å². The summed E-state index contributed by atoms with van der Waals surface area (Å²) in [7, 11) is 0. The lowest BCUT2D eigenvalue weighted by atomic mass is 10.1. The van der Waals surface area contributed by atoms with Gasteiger partial charge < -0.3 is 10.6 Å². The first kappa shape index (κ1) is 13.4. The Hall–Kier alpha value is -0.570. The van der Waals surface area contributed by atoms with Gasteiger partial charge in [-0.15, -0.1) is 0 Å². The lowest BCUT2D eigenvalue weighted by molar-refractivity contribution is -0.134. The number of nitrogens with zero attached hydrogens (tertiary/aromatic N) is 1. The summed E-state index contributed by atoms with van der Waals surface area (Å²) < 4.78 is 0. The van der Waals surface area contributed by atoms with Crippen LogP contribution in [0, 0.1) is 0 Å². The second-order valence-corrected chi connectivity index (χ2v) is 3.93. The molecule has 3 heteroatoms. The summed E-state index contributed by atoms with van der Waals surface area (Å²) in [5.41, 5.74) is 5.61. The minimum Gasteiger partial charge on any atom is -0.339 e. The quantitative estimate of drug-likeness (QED) is 0.710. The molecule has 0 aromatic rings. The summed E-state index contributed by atoms with van der Waals surface area (Å²) >= 11 is 0. The Balaban J connectivity index is 4.30. The molecule has 1 unspecified atom stereocenters. The Labute approximate surface area is 87.6 Å². The number of carbonyl (C=O) groups is 1. The summed E-state index contributed by atoms with van der Waals surface area (Å²) in [5, 5.41) is 0. The first-order valence-corrected chi connectivity index (χ1v) is 5.60. The van der Waals surface area contributed by atoms with Crippen molar-refractivity contribution in [3.8, 4) is 0 Å². The van der Waals surface area contributed by atoms with Crippen molar-refractivity contribution in [3.05, 3.63) is 0 Å². The molecule has 84 valence electrons. The van der Waals surface area contributed by atoms with Crippen molar-refractivity contribution >= 4 is 5.91 Å². The summed E-state index contributed by atoms with van der Waals surface area (Å²) in [6.07, 6.45) is 3.16. The van der Waals surface area contributed by atoms with Gasteiger partial charge in [0, 0.05) is 12.6 Å². The first-order valence-electron chi connectivity index (χ1n) is 5.60. The van der Waals surface area contributed by atoms with Gasteiger partial charge in [0.05, 0.1) is 6.04 Å². The normalized spacial score (nSPS) is 14.9. The van der Waals surface area contributed by atoms with Crippen molar-refractivity contribution < 1.29 is 4.79 Å². The third-order valence-corrected chi connectivity index (χ3v) is 2.55. The molecule has 0 aliphatic rings. The molecule has 0 saturated carbocycles. The predicted molar refractivity (Wildman–Crippen MR) is 60.0 cm³/mol. The fourth-order valence-electron chi connectivity index (χ4n) is 1.36. The standard InChI is InChI=1S/C11H24N2O/c1-5-7-8-13(9(3)6-2)11(14)10(4)12/h9-10H,5-8,12H2,1-4H3/t9?,10-/m0/s1. The summed E-state index contributed by atoms with van der Waals surface area (Å²) in [4.78, 5) is 13.7. The van der Waals surface area contributed by atoms with Crippen LogP contribution in [0.4, 0.5) is 0 Å². The third kappa shape index (κ3) is 4.09. The van der Waals surface area contributed by atoms with Crippen molar-refractivity contribution in [2.45, 2.75) is 59.0 Å². The highest BCUT2D eigenvalue weighted by atomic mass is 16.2. The maximum absolute atomic E-state index is 11.8. The molecule has 0 spiro atoms. The van der Waals surface area contributed by atoms with Crippen molar-refractivity contribution in [1.29, 1.82) is 0 Å². The molecule has 0 aromatic carbocycles. The molecule has 0 rings (SSSR count). The van der Waals surface area contributed by atoms with Crippen molar-refractivity contribution in [3.63, 3.8) is 0 Å². The fraction of sp³-hybridized carbons (Fsp3) is 0.909. The molecule has 2 N–H and O–H groups in total. The number of hydrogen-bond acceptors (Lipinski definition) is 2. The van der Waals surface area contributed by atoms with Crippen LogP contribution in [0.5, 0.6) is 0 Å². The second kappa shape index (κ2) is 6.82. The molecule has 0 saturated heterocycles.